The lowest BCUT2D eigenvalue weighted by molar-refractivity contribution is 0.571. The van der Waals surface area contributed by atoms with Gasteiger partial charge >= 0.3 is 11.1 Å². The van der Waals surface area contributed by atoms with E-state index < -0.39 is 31.9 Å². The van der Waals surface area contributed by atoms with Crippen molar-refractivity contribution in [1.82, 2.24) is 9.97 Å². The van der Waals surface area contributed by atoms with Crippen LogP contribution in [-0.2, 0) is 10.0 Å². The molecule has 0 radical (unpaired) electrons. The molecule has 0 atom stereocenters. The van der Waals surface area contributed by atoms with Gasteiger partial charge in [-0.2, -0.15) is 0 Å². The Bertz CT molecular complexity index is 1200. The molecule has 3 aromatic rings. The second-order valence-electron chi connectivity index (χ2n) is 6.12. The van der Waals surface area contributed by atoms with E-state index in [-0.39, 0.29) is 22.6 Å². The SMILES string of the molecule is CC(C)c1ccc(NS(=O)(=O)c2cc3[nH]c(=O)c(=O)[nH]c3cc2F)cc1. The van der Waals surface area contributed by atoms with Crippen LogP contribution in [0.2, 0.25) is 0 Å². The Balaban J connectivity index is 2.03. The summed E-state index contributed by atoms with van der Waals surface area (Å²) >= 11 is 0. The lowest BCUT2D eigenvalue weighted by Crippen LogP contribution is -2.29. The summed E-state index contributed by atoms with van der Waals surface area (Å²) in [5, 5.41) is 0. The van der Waals surface area contributed by atoms with E-state index in [9.17, 15) is 22.4 Å². The van der Waals surface area contributed by atoms with Crippen molar-refractivity contribution in [2.24, 2.45) is 0 Å². The molecule has 0 aliphatic heterocycles. The molecule has 0 aliphatic carbocycles. The number of aromatic nitrogens is 2. The first-order chi connectivity index (χ1) is 12.2. The number of hydrogen-bond acceptors (Lipinski definition) is 4. The summed E-state index contributed by atoms with van der Waals surface area (Å²) in [4.78, 5) is 26.5. The van der Waals surface area contributed by atoms with Crippen molar-refractivity contribution < 1.29 is 12.8 Å². The minimum absolute atomic E-state index is 0.00605. The zero-order chi connectivity index (χ0) is 19.1. The third-order valence-corrected chi connectivity index (χ3v) is 5.29. The monoisotopic (exact) mass is 377 g/mol. The van der Waals surface area contributed by atoms with E-state index in [0.29, 0.717) is 0 Å². The predicted octanol–water partition coefficient (Wildman–Crippen LogP) is 2.28. The average Bonchev–Trinajstić information content (AvgIpc) is 2.56. The van der Waals surface area contributed by atoms with Crippen LogP contribution in [-0.4, -0.2) is 18.4 Å². The average molecular weight is 377 g/mol. The Morgan fingerprint density at radius 1 is 0.962 bits per heavy atom. The fourth-order valence-corrected chi connectivity index (χ4v) is 3.62. The highest BCUT2D eigenvalue weighted by molar-refractivity contribution is 7.92. The quantitative estimate of drug-likeness (QED) is 0.606. The van der Waals surface area contributed by atoms with Crippen molar-refractivity contribution >= 4 is 26.7 Å². The van der Waals surface area contributed by atoms with E-state index in [1.54, 1.807) is 24.3 Å². The molecule has 2 aromatic carbocycles. The van der Waals surface area contributed by atoms with Gasteiger partial charge in [0.2, 0.25) is 0 Å². The molecule has 3 rings (SSSR count). The fourth-order valence-electron chi connectivity index (χ4n) is 2.47. The van der Waals surface area contributed by atoms with Gasteiger partial charge in [-0.1, -0.05) is 26.0 Å². The minimum Gasteiger partial charge on any atom is -0.316 e. The number of anilines is 1. The van der Waals surface area contributed by atoms with E-state index in [1.807, 2.05) is 13.8 Å². The molecule has 0 bridgehead atoms. The van der Waals surface area contributed by atoms with Crippen LogP contribution in [0.25, 0.3) is 11.0 Å². The first-order valence-corrected chi connectivity index (χ1v) is 9.24. The Morgan fingerprint density at radius 2 is 1.50 bits per heavy atom. The van der Waals surface area contributed by atoms with Crippen LogP contribution in [0.4, 0.5) is 10.1 Å². The van der Waals surface area contributed by atoms with Crippen LogP contribution in [0.15, 0.2) is 50.9 Å². The molecule has 7 nitrogen and oxygen atoms in total. The molecule has 1 aromatic heterocycles. The number of nitrogens with one attached hydrogen (secondary N) is 3. The zero-order valence-corrected chi connectivity index (χ0v) is 14.8. The molecule has 0 aliphatic rings. The topological polar surface area (TPSA) is 112 Å². The Labute approximate surface area is 148 Å². The molecule has 0 spiro atoms. The van der Waals surface area contributed by atoms with Gasteiger partial charge in [-0.3, -0.25) is 14.3 Å². The van der Waals surface area contributed by atoms with Gasteiger partial charge in [-0.15, -0.1) is 0 Å². The summed E-state index contributed by atoms with van der Waals surface area (Å²) in [6, 6.07) is 8.55. The van der Waals surface area contributed by atoms with Crippen molar-refractivity contribution in [2.45, 2.75) is 24.7 Å². The van der Waals surface area contributed by atoms with Gasteiger partial charge in [-0.05, 0) is 29.7 Å². The predicted molar refractivity (Wildman–Crippen MR) is 96.5 cm³/mol. The van der Waals surface area contributed by atoms with E-state index in [2.05, 4.69) is 14.7 Å². The number of halogens is 1. The van der Waals surface area contributed by atoms with Gasteiger partial charge in [0.1, 0.15) is 10.7 Å². The molecule has 136 valence electrons. The molecule has 9 heteroatoms. The third kappa shape index (κ3) is 3.38. The van der Waals surface area contributed by atoms with Crippen LogP contribution < -0.4 is 15.8 Å². The maximum absolute atomic E-state index is 14.3. The van der Waals surface area contributed by atoms with Gasteiger partial charge in [0.15, 0.2) is 0 Å². The maximum atomic E-state index is 14.3. The lowest BCUT2D eigenvalue weighted by Gasteiger charge is -2.11. The summed E-state index contributed by atoms with van der Waals surface area (Å²) in [6.07, 6.45) is 0. The Morgan fingerprint density at radius 3 is 2.04 bits per heavy atom. The van der Waals surface area contributed by atoms with Gasteiger partial charge in [-0.25, -0.2) is 12.8 Å². The standard InChI is InChI=1S/C17H16FN3O4S/c1-9(2)10-3-5-11(6-4-10)21-26(24,25)15-8-14-13(7-12(15)18)19-16(22)17(23)20-14/h3-9,21H,1-2H3,(H,19,22)(H,20,23). The van der Waals surface area contributed by atoms with Gasteiger partial charge in [0, 0.05) is 11.8 Å². The molecular formula is C17H16FN3O4S. The number of benzene rings is 2. The van der Waals surface area contributed by atoms with E-state index in [0.717, 1.165) is 17.7 Å². The molecule has 0 saturated heterocycles. The summed E-state index contributed by atoms with van der Waals surface area (Å²) < 4.78 is 41.6. The van der Waals surface area contributed by atoms with Crippen LogP contribution in [0.3, 0.4) is 0 Å². The summed E-state index contributed by atoms with van der Waals surface area (Å²) in [5.41, 5.74) is -0.588. The second kappa shape index (κ2) is 6.41. The van der Waals surface area contributed by atoms with E-state index >= 15 is 0 Å². The molecule has 1 heterocycles. The number of fused-ring (bicyclic) bond motifs is 1. The smallest absolute Gasteiger partial charge is 0.314 e. The van der Waals surface area contributed by atoms with Crippen molar-refractivity contribution in [3.63, 3.8) is 0 Å². The molecule has 26 heavy (non-hydrogen) atoms. The molecule has 0 unspecified atom stereocenters. The van der Waals surface area contributed by atoms with Crippen molar-refractivity contribution in [3.8, 4) is 0 Å². The van der Waals surface area contributed by atoms with E-state index in [4.69, 9.17) is 0 Å². The number of hydrogen-bond donors (Lipinski definition) is 3. The summed E-state index contributed by atoms with van der Waals surface area (Å²) in [6.45, 7) is 4.02. The normalized spacial score (nSPS) is 11.8. The highest BCUT2D eigenvalue weighted by atomic mass is 32.2. The van der Waals surface area contributed by atoms with Crippen molar-refractivity contribution in [1.29, 1.82) is 0 Å². The highest BCUT2D eigenvalue weighted by Gasteiger charge is 2.21. The molecule has 0 saturated carbocycles. The number of H-pyrrole nitrogens is 2. The molecule has 0 amide bonds. The maximum Gasteiger partial charge on any atom is 0.314 e. The molecule has 0 fully saturated rings. The largest absolute Gasteiger partial charge is 0.316 e. The lowest BCUT2D eigenvalue weighted by atomic mass is 10.0. The molecule has 3 N–H and O–H groups in total. The Kier molecular flexibility index (Phi) is 4.41. The van der Waals surface area contributed by atoms with Crippen LogP contribution in [0.5, 0.6) is 0 Å². The number of sulfonamides is 1. The summed E-state index contributed by atoms with van der Waals surface area (Å²) in [5.74, 6) is -0.760. The zero-order valence-electron chi connectivity index (χ0n) is 14.0. The Hall–Kier alpha value is -2.94. The minimum atomic E-state index is -4.23. The van der Waals surface area contributed by atoms with Crippen LogP contribution in [0.1, 0.15) is 25.3 Å². The van der Waals surface area contributed by atoms with Crippen molar-refractivity contribution in [2.75, 3.05) is 4.72 Å². The van der Waals surface area contributed by atoms with Crippen molar-refractivity contribution in [3.05, 3.63) is 68.5 Å². The molecular weight excluding hydrogens is 361 g/mol. The second-order valence-corrected chi connectivity index (χ2v) is 7.77. The van der Waals surface area contributed by atoms with Crippen LogP contribution >= 0.6 is 0 Å². The van der Waals surface area contributed by atoms with Gasteiger partial charge in [0.05, 0.1) is 11.0 Å². The third-order valence-electron chi connectivity index (χ3n) is 3.89. The van der Waals surface area contributed by atoms with Gasteiger partial charge < -0.3 is 9.97 Å². The highest BCUT2D eigenvalue weighted by Crippen LogP contribution is 2.23. The first kappa shape index (κ1) is 17.9. The number of aromatic amines is 2. The summed E-state index contributed by atoms with van der Waals surface area (Å²) in [7, 11) is -4.23. The first-order valence-electron chi connectivity index (χ1n) is 7.76. The van der Waals surface area contributed by atoms with Crippen LogP contribution in [0, 0.1) is 5.82 Å². The van der Waals surface area contributed by atoms with E-state index in [1.165, 1.54) is 0 Å². The fraction of sp³-hybridized carbons (Fsp3) is 0.176. The van der Waals surface area contributed by atoms with Gasteiger partial charge in [0.25, 0.3) is 10.0 Å². The number of rotatable bonds is 4.